The minimum absolute atomic E-state index is 0.149. The fourth-order valence-corrected chi connectivity index (χ4v) is 1.72. The van der Waals surface area contributed by atoms with Gasteiger partial charge in [-0.15, -0.1) is 0 Å². The molecule has 0 spiro atoms. The highest BCUT2D eigenvalue weighted by atomic mass is 35.5. The molecule has 0 aliphatic rings. The van der Waals surface area contributed by atoms with Gasteiger partial charge in [-0.2, -0.15) is 0 Å². The van der Waals surface area contributed by atoms with Crippen LogP contribution in [0.25, 0.3) is 10.9 Å². The van der Waals surface area contributed by atoms with E-state index in [1.807, 2.05) is 35.0 Å². The summed E-state index contributed by atoms with van der Waals surface area (Å²) in [4.78, 5) is 0. The van der Waals surface area contributed by atoms with E-state index in [2.05, 4.69) is 0 Å². The molecule has 0 bridgehead atoms. The zero-order valence-electron chi connectivity index (χ0n) is 7.07. The quantitative estimate of drug-likeness (QED) is 0.782. The van der Waals surface area contributed by atoms with E-state index in [1.165, 1.54) is 0 Å². The second-order valence-electron chi connectivity index (χ2n) is 2.91. The van der Waals surface area contributed by atoms with Crippen molar-refractivity contribution >= 4 is 22.5 Å². The lowest BCUT2D eigenvalue weighted by Crippen LogP contribution is -1.99. The first kappa shape index (κ1) is 8.60. The van der Waals surface area contributed by atoms with Crippen LogP contribution in [0, 0.1) is 0 Å². The molecule has 0 aliphatic carbocycles. The van der Waals surface area contributed by atoms with Gasteiger partial charge < -0.3 is 9.67 Å². The number of aromatic nitrogens is 1. The molecule has 0 aliphatic heterocycles. The minimum atomic E-state index is 0.149. The number of hydrogen-bond donors (Lipinski definition) is 1. The van der Waals surface area contributed by atoms with E-state index in [-0.39, 0.29) is 6.61 Å². The van der Waals surface area contributed by atoms with Crippen LogP contribution in [0.4, 0.5) is 0 Å². The Labute approximate surface area is 81.4 Å². The standard InChI is InChI=1S/C10H10ClNO/c11-9-2-1-3-10-8(9)4-5-12(10)6-7-13/h1-5,13H,6-7H2. The van der Waals surface area contributed by atoms with Crippen LogP contribution in [0.1, 0.15) is 0 Å². The summed E-state index contributed by atoms with van der Waals surface area (Å²) in [5.74, 6) is 0. The summed E-state index contributed by atoms with van der Waals surface area (Å²) < 4.78 is 1.99. The van der Waals surface area contributed by atoms with Crippen molar-refractivity contribution in [1.29, 1.82) is 0 Å². The van der Waals surface area contributed by atoms with Gasteiger partial charge in [-0.1, -0.05) is 17.7 Å². The largest absolute Gasteiger partial charge is 0.395 e. The highest BCUT2D eigenvalue weighted by Gasteiger charge is 2.02. The first-order valence-corrected chi connectivity index (χ1v) is 4.55. The third-order valence-corrected chi connectivity index (χ3v) is 2.43. The van der Waals surface area contributed by atoms with Crippen LogP contribution >= 0.6 is 11.6 Å². The van der Waals surface area contributed by atoms with Gasteiger partial charge in [-0.3, -0.25) is 0 Å². The van der Waals surface area contributed by atoms with Gasteiger partial charge in [0.2, 0.25) is 0 Å². The van der Waals surface area contributed by atoms with Gasteiger partial charge in [0.05, 0.1) is 6.61 Å². The van der Waals surface area contributed by atoms with Crippen molar-refractivity contribution in [3.05, 3.63) is 35.5 Å². The Hall–Kier alpha value is -0.990. The molecule has 0 amide bonds. The predicted molar refractivity (Wildman–Crippen MR) is 54.0 cm³/mol. The summed E-state index contributed by atoms with van der Waals surface area (Å²) in [7, 11) is 0. The van der Waals surface area contributed by atoms with E-state index in [4.69, 9.17) is 16.7 Å². The molecule has 68 valence electrons. The molecule has 2 rings (SSSR count). The lowest BCUT2D eigenvalue weighted by molar-refractivity contribution is 0.278. The Balaban J connectivity index is 2.61. The molecular weight excluding hydrogens is 186 g/mol. The molecule has 0 saturated heterocycles. The molecular formula is C10H10ClNO. The van der Waals surface area contributed by atoms with Crippen LogP contribution in [0.3, 0.4) is 0 Å². The lowest BCUT2D eigenvalue weighted by Gasteiger charge is -2.01. The number of hydrogen-bond acceptors (Lipinski definition) is 1. The summed E-state index contributed by atoms with van der Waals surface area (Å²) in [5, 5.41) is 10.6. The molecule has 1 aromatic heterocycles. The SMILES string of the molecule is OCCn1ccc2c(Cl)cccc21. The summed E-state index contributed by atoms with van der Waals surface area (Å²) in [6, 6.07) is 7.75. The summed E-state index contributed by atoms with van der Waals surface area (Å²) in [6.45, 7) is 0.764. The van der Waals surface area contributed by atoms with Crippen LogP contribution in [0.5, 0.6) is 0 Å². The lowest BCUT2D eigenvalue weighted by atomic mass is 10.2. The van der Waals surface area contributed by atoms with Crippen LogP contribution in [0.2, 0.25) is 5.02 Å². The normalized spacial score (nSPS) is 10.9. The van der Waals surface area contributed by atoms with Crippen LogP contribution in [-0.2, 0) is 6.54 Å². The van der Waals surface area contributed by atoms with Crippen molar-refractivity contribution < 1.29 is 5.11 Å². The van der Waals surface area contributed by atoms with Crippen molar-refractivity contribution in [2.24, 2.45) is 0 Å². The molecule has 2 aromatic rings. The first-order valence-electron chi connectivity index (χ1n) is 4.17. The molecule has 1 heterocycles. The van der Waals surface area contributed by atoms with E-state index >= 15 is 0 Å². The molecule has 0 saturated carbocycles. The molecule has 1 N–H and O–H groups in total. The van der Waals surface area contributed by atoms with Gasteiger partial charge in [0, 0.05) is 28.7 Å². The van der Waals surface area contributed by atoms with Gasteiger partial charge in [-0.05, 0) is 18.2 Å². The number of benzene rings is 1. The van der Waals surface area contributed by atoms with Gasteiger partial charge in [0.15, 0.2) is 0 Å². The van der Waals surface area contributed by atoms with E-state index in [0.717, 1.165) is 15.9 Å². The molecule has 1 aromatic carbocycles. The van der Waals surface area contributed by atoms with Gasteiger partial charge in [-0.25, -0.2) is 0 Å². The number of halogens is 1. The highest BCUT2D eigenvalue weighted by Crippen LogP contribution is 2.23. The van der Waals surface area contributed by atoms with Gasteiger partial charge in [0.25, 0.3) is 0 Å². The summed E-state index contributed by atoms with van der Waals surface area (Å²) in [6.07, 6.45) is 1.94. The first-order chi connectivity index (χ1) is 6.33. The average molecular weight is 196 g/mol. The summed E-state index contributed by atoms with van der Waals surface area (Å²) >= 11 is 5.99. The predicted octanol–water partition coefficient (Wildman–Crippen LogP) is 2.29. The van der Waals surface area contributed by atoms with Crippen molar-refractivity contribution in [2.75, 3.05) is 6.61 Å². The maximum absolute atomic E-state index is 8.81. The monoisotopic (exact) mass is 195 g/mol. The topological polar surface area (TPSA) is 25.2 Å². The summed E-state index contributed by atoms with van der Waals surface area (Å²) in [5.41, 5.74) is 1.07. The number of rotatable bonds is 2. The van der Waals surface area contributed by atoms with Crippen molar-refractivity contribution in [1.82, 2.24) is 4.57 Å². The fraction of sp³-hybridized carbons (Fsp3) is 0.200. The Kier molecular flexibility index (Phi) is 2.25. The number of aliphatic hydroxyl groups excluding tert-OH is 1. The fourth-order valence-electron chi connectivity index (χ4n) is 1.49. The highest BCUT2D eigenvalue weighted by molar-refractivity contribution is 6.35. The molecule has 3 heteroatoms. The van der Waals surface area contributed by atoms with Gasteiger partial charge >= 0.3 is 0 Å². The molecule has 2 nitrogen and oxygen atoms in total. The number of fused-ring (bicyclic) bond motifs is 1. The second kappa shape index (κ2) is 3.40. The molecule has 0 unspecified atom stereocenters. The average Bonchev–Trinajstić information content (AvgIpc) is 2.51. The van der Waals surface area contributed by atoms with E-state index in [0.29, 0.717) is 6.54 Å². The zero-order valence-corrected chi connectivity index (χ0v) is 7.83. The molecule has 0 fully saturated rings. The number of aliphatic hydroxyl groups is 1. The maximum Gasteiger partial charge on any atom is 0.0610 e. The molecule has 13 heavy (non-hydrogen) atoms. The van der Waals surface area contributed by atoms with Crippen molar-refractivity contribution in [2.45, 2.75) is 6.54 Å². The van der Waals surface area contributed by atoms with E-state index < -0.39 is 0 Å². The van der Waals surface area contributed by atoms with Crippen molar-refractivity contribution in [3.63, 3.8) is 0 Å². The second-order valence-corrected chi connectivity index (χ2v) is 3.31. The third-order valence-electron chi connectivity index (χ3n) is 2.10. The Morgan fingerprint density at radius 2 is 2.15 bits per heavy atom. The van der Waals surface area contributed by atoms with Crippen LogP contribution < -0.4 is 0 Å². The van der Waals surface area contributed by atoms with Crippen molar-refractivity contribution in [3.8, 4) is 0 Å². The van der Waals surface area contributed by atoms with E-state index in [9.17, 15) is 0 Å². The Morgan fingerprint density at radius 1 is 1.31 bits per heavy atom. The minimum Gasteiger partial charge on any atom is -0.395 e. The molecule has 0 radical (unpaired) electrons. The van der Waals surface area contributed by atoms with Crippen LogP contribution in [-0.4, -0.2) is 16.3 Å². The van der Waals surface area contributed by atoms with Crippen LogP contribution in [0.15, 0.2) is 30.5 Å². The van der Waals surface area contributed by atoms with Gasteiger partial charge in [0.1, 0.15) is 0 Å². The Bertz CT molecular complexity index is 422. The Morgan fingerprint density at radius 3 is 2.92 bits per heavy atom. The maximum atomic E-state index is 8.81. The third kappa shape index (κ3) is 1.43. The van der Waals surface area contributed by atoms with E-state index in [1.54, 1.807) is 0 Å². The zero-order chi connectivity index (χ0) is 9.26. The molecule has 0 atom stereocenters. The number of nitrogens with zero attached hydrogens (tertiary/aromatic N) is 1. The smallest absolute Gasteiger partial charge is 0.0610 e.